The Morgan fingerprint density at radius 1 is 0.860 bits per heavy atom. The average molecular weight is 622 g/mol. The van der Waals surface area contributed by atoms with Gasteiger partial charge in [0.15, 0.2) is 16.8 Å². The molecule has 0 aliphatic heterocycles. The molecule has 43 heavy (non-hydrogen) atoms. The monoisotopic (exact) mass is 621 g/mol. The highest BCUT2D eigenvalue weighted by atomic mass is 35.5. The molecule has 3 rings (SSSR count). The minimum Gasteiger partial charge on any atom is -0.504 e. The molecule has 0 saturated carbocycles. The van der Waals surface area contributed by atoms with Gasteiger partial charge in [-0.1, -0.05) is 30.3 Å². The van der Waals surface area contributed by atoms with E-state index < -0.39 is 0 Å². The number of rotatable bonds is 22. The van der Waals surface area contributed by atoms with Gasteiger partial charge in [0, 0.05) is 23.7 Å². The van der Waals surface area contributed by atoms with Crippen molar-refractivity contribution >= 4 is 22.6 Å². The summed E-state index contributed by atoms with van der Waals surface area (Å²) in [7, 11) is 0. The van der Waals surface area contributed by atoms with E-state index >= 15 is 0 Å². The first-order valence-corrected chi connectivity index (χ1v) is 14.4. The third-order valence-electron chi connectivity index (χ3n) is 5.81. The van der Waals surface area contributed by atoms with Crippen LogP contribution in [0, 0.1) is 0 Å². The number of benzene rings is 2. The fourth-order valence-corrected chi connectivity index (χ4v) is 3.85. The van der Waals surface area contributed by atoms with E-state index in [2.05, 4.69) is 0 Å². The van der Waals surface area contributed by atoms with E-state index in [0.29, 0.717) is 84.3 Å². The quantitative estimate of drug-likeness (QED) is 0.0652. The molecule has 236 valence electrons. The summed E-state index contributed by atoms with van der Waals surface area (Å²) in [6, 6.07) is 13.4. The fraction of sp³-hybridized carbons (Fsp3) is 0.433. The molecule has 0 aliphatic rings. The van der Waals surface area contributed by atoms with Crippen LogP contribution in [0.3, 0.4) is 0 Å². The molecule has 3 aromatic rings. The summed E-state index contributed by atoms with van der Waals surface area (Å²) >= 11 is 5.51. The zero-order valence-corrected chi connectivity index (χ0v) is 24.8. The van der Waals surface area contributed by atoms with E-state index in [1.165, 1.54) is 29.4 Å². The lowest BCUT2D eigenvalue weighted by molar-refractivity contribution is -0.0108. The zero-order chi connectivity index (χ0) is 30.7. The number of aromatic hydroxyl groups is 1. The van der Waals surface area contributed by atoms with Crippen molar-refractivity contribution in [3.8, 4) is 22.8 Å². The van der Waals surface area contributed by atoms with Crippen molar-refractivity contribution in [3.05, 3.63) is 70.7 Å². The van der Waals surface area contributed by atoms with Gasteiger partial charge >= 0.3 is 0 Å². The first-order chi connectivity index (χ1) is 21.0. The first-order valence-electron chi connectivity index (χ1n) is 13.9. The summed E-state index contributed by atoms with van der Waals surface area (Å²) in [5, 5.41) is 12.1. The summed E-state index contributed by atoms with van der Waals surface area (Å²) in [6.45, 7) is 4.89. The van der Waals surface area contributed by atoms with Crippen LogP contribution in [0.2, 0.25) is 0 Å². The van der Waals surface area contributed by atoms with Crippen molar-refractivity contribution in [1.82, 2.24) is 5.01 Å². The van der Waals surface area contributed by atoms with E-state index in [9.17, 15) is 9.90 Å². The molecule has 0 radical (unpaired) electrons. The lowest BCUT2D eigenvalue weighted by atomic mass is 10.1. The van der Waals surface area contributed by atoms with Crippen molar-refractivity contribution < 1.29 is 37.9 Å². The van der Waals surface area contributed by atoms with Gasteiger partial charge in [-0.25, -0.2) is 5.84 Å². The molecule has 12 nitrogen and oxygen atoms in total. The maximum Gasteiger partial charge on any atom is 0.205 e. The number of nitrogens with two attached hydrogens (primary N) is 2. The van der Waals surface area contributed by atoms with Crippen molar-refractivity contribution in [1.29, 1.82) is 0 Å². The predicted molar refractivity (Wildman–Crippen MR) is 163 cm³/mol. The van der Waals surface area contributed by atoms with Crippen LogP contribution in [-0.2, 0) is 23.7 Å². The number of fused-ring (bicyclic) bond motifs is 1. The Morgan fingerprint density at radius 2 is 1.44 bits per heavy atom. The summed E-state index contributed by atoms with van der Waals surface area (Å²) in [4.78, 5) is 12.7. The summed E-state index contributed by atoms with van der Waals surface area (Å²) in [6.07, 6.45) is 1.50. The van der Waals surface area contributed by atoms with Gasteiger partial charge in [0.1, 0.15) is 12.4 Å². The van der Waals surface area contributed by atoms with Gasteiger partial charge in [-0.05, 0) is 12.1 Å². The number of ether oxygens (including phenoxy) is 6. The second-order valence-electron chi connectivity index (χ2n) is 9.11. The van der Waals surface area contributed by atoms with E-state index in [1.54, 1.807) is 0 Å². The number of phenols is 1. The number of halogens is 1. The van der Waals surface area contributed by atoms with E-state index in [1.807, 2.05) is 30.3 Å². The molecule has 0 amide bonds. The van der Waals surface area contributed by atoms with Crippen molar-refractivity contribution in [3.63, 3.8) is 0 Å². The molecule has 0 bridgehead atoms. The Morgan fingerprint density at radius 3 is 2.05 bits per heavy atom. The van der Waals surface area contributed by atoms with Gasteiger partial charge < -0.3 is 48.7 Å². The van der Waals surface area contributed by atoms with Crippen LogP contribution in [-0.4, -0.2) is 95.2 Å². The largest absolute Gasteiger partial charge is 0.504 e. The highest BCUT2D eigenvalue weighted by Gasteiger charge is 2.16. The van der Waals surface area contributed by atoms with Crippen LogP contribution in [0.5, 0.6) is 11.5 Å². The fourth-order valence-electron chi connectivity index (χ4n) is 3.74. The molecule has 2 aromatic carbocycles. The summed E-state index contributed by atoms with van der Waals surface area (Å²) < 4.78 is 38.7. The SMILES string of the molecule is N/C(=C\N(N)CCOCCOCCOCCOCCOCCCl)COc1c(O)ccc2c(=O)cc(-c3ccccc3)oc12. The van der Waals surface area contributed by atoms with Gasteiger partial charge in [0.25, 0.3) is 0 Å². The van der Waals surface area contributed by atoms with E-state index in [-0.39, 0.29) is 40.2 Å². The molecule has 0 aliphatic carbocycles. The number of hydrazine groups is 1. The molecule has 5 N–H and O–H groups in total. The normalized spacial score (nSPS) is 11.7. The summed E-state index contributed by atoms with van der Waals surface area (Å²) in [5.41, 5.74) is 6.95. The topological polar surface area (TPSA) is 161 Å². The third-order valence-corrected chi connectivity index (χ3v) is 5.96. The number of hydrogen-bond acceptors (Lipinski definition) is 12. The zero-order valence-electron chi connectivity index (χ0n) is 24.1. The number of nitrogens with zero attached hydrogens (tertiary/aromatic N) is 1. The van der Waals surface area contributed by atoms with Crippen LogP contribution in [0.25, 0.3) is 22.3 Å². The highest BCUT2D eigenvalue weighted by Crippen LogP contribution is 2.35. The third kappa shape index (κ3) is 12.4. The minimum atomic E-state index is -0.262. The Bertz CT molecular complexity index is 1310. The summed E-state index contributed by atoms with van der Waals surface area (Å²) in [5.74, 6) is 6.65. The van der Waals surface area contributed by atoms with Crippen molar-refractivity contribution in [2.75, 3.05) is 85.1 Å². The second-order valence-corrected chi connectivity index (χ2v) is 9.49. The Balaban J connectivity index is 1.32. The number of phenolic OH excluding ortho intramolecular Hbond substituents is 1. The minimum absolute atomic E-state index is 0.0123. The van der Waals surface area contributed by atoms with Gasteiger partial charge in [-0.3, -0.25) is 4.79 Å². The van der Waals surface area contributed by atoms with Crippen LogP contribution < -0.4 is 21.7 Å². The smallest absolute Gasteiger partial charge is 0.205 e. The van der Waals surface area contributed by atoms with E-state index in [4.69, 9.17) is 56.0 Å². The lowest BCUT2D eigenvalue weighted by Gasteiger charge is -2.16. The highest BCUT2D eigenvalue weighted by molar-refractivity contribution is 6.17. The first kappa shape index (κ1) is 34.1. The average Bonchev–Trinajstić information content (AvgIpc) is 3.00. The molecule has 1 aromatic heterocycles. The molecule has 0 fully saturated rings. The maximum atomic E-state index is 12.7. The number of hydrogen-bond donors (Lipinski definition) is 3. The Hall–Kier alpha value is -3.36. The molecular weight excluding hydrogens is 582 g/mol. The van der Waals surface area contributed by atoms with Gasteiger partial charge in [-0.15, -0.1) is 11.6 Å². The van der Waals surface area contributed by atoms with Crippen LogP contribution in [0.1, 0.15) is 0 Å². The maximum absolute atomic E-state index is 12.7. The Kier molecular flexibility index (Phi) is 15.7. The van der Waals surface area contributed by atoms with Crippen LogP contribution in [0.15, 0.2) is 69.6 Å². The van der Waals surface area contributed by atoms with Gasteiger partial charge in [-0.2, -0.15) is 0 Å². The molecule has 0 spiro atoms. The second kappa shape index (κ2) is 19.8. The predicted octanol–water partition coefficient (Wildman–Crippen LogP) is 2.84. The van der Waals surface area contributed by atoms with Crippen LogP contribution >= 0.6 is 11.6 Å². The van der Waals surface area contributed by atoms with E-state index in [0.717, 1.165) is 5.56 Å². The van der Waals surface area contributed by atoms with Gasteiger partial charge in [0.2, 0.25) is 5.75 Å². The standard InChI is InChI=1S/C30H40ClN3O9/c31-8-10-37-12-14-39-16-18-41-19-17-40-15-13-38-11-9-34(33)21-24(32)22-42-30-26(35)7-6-25-27(36)20-28(43-29(25)30)23-4-2-1-3-5-23/h1-7,20-21,35H,8-19,22,32-33H2/b24-21-. The molecule has 0 unspecified atom stereocenters. The molecule has 1 heterocycles. The lowest BCUT2D eigenvalue weighted by Crippen LogP contribution is -2.31. The van der Waals surface area contributed by atoms with Gasteiger partial charge in [0.05, 0.1) is 83.7 Å². The van der Waals surface area contributed by atoms with Crippen molar-refractivity contribution in [2.24, 2.45) is 11.6 Å². The van der Waals surface area contributed by atoms with Crippen LogP contribution in [0.4, 0.5) is 0 Å². The number of alkyl halides is 1. The Labute approximate surface area is 255 Å². The molecular formula is C30H40ClN3O9. The molecule has 13 heteroatoms. The molecule has 0 saturated heterocycles. The van der Waals surface area contributed by atoms with Crippen molar-refractivity contribution in [2.45, 2.75) is 0 Å². The molecule has 0 atom stereocenters.